The molecule has 0 radical (unpaired) electrons. The average molecular weight is 443 g/mol. The standard InChI is InChI=1S/C24H30N4O2.ClH/c1-4-18-13-16(2)14-25-22(18)27-9-11-28(12-10-27)24(30)20-7-5-19(6-8-20)21-17(3)15-26-23(21)29;/h5-8,13-14,17,21H,4,9-12,15H2,1-3H3,(H,26,29);1H/t17?,21-;/m1./s1. The van der Waals surface area contributed by atoms with Gasteiger partial charge in [0.25, 0.3) is 5.91 Å². The molecule has 2 aliphatic heterocycles. The largest absolute Gasteiger partial charge is 0.355 e. The number of piperazine rings is 1. The molecule has 0 aliphatic carbocycles. The highest BCUT2D eigenvalue weighted by molar-refractivity contribution is 5.94. The topological polar surface area (TPSA) is 65.5 Å². The number of carbonyl (C=O) groups is 2. The van der Waals surface area contributed by atoms with Gasteiger partial charge < -0.3 is 15.1 Å². The number of pyridine rings is 1. The smallest absolute Gasteiger partial charge is 0.253 e. The molecule has 3 heterocycles. The Hall–Kier alpha value is -2.60. The van der Waals surface area contributed by atoms with Crippen molar-refractivity contribution in [3.05, 3.63) is 58.8 Å². The zero-order valence-corrected chi connectivity index (χ0v) is 19.2. The lowest BCUT2D eigenvalue weighted by molar-refractivity contribution is -0.120. The monoisotopic (exact) mass is 442 g/mol. The van der Waals surface area contributed by atoms with Crippen LogP contribution in [0.3, 0.4) is 0 Å². The molecule has 6 nitrogen and oxygen atoms in total. The van der Waals surface area contributed by atoms with Crippen molar-refractivity contribution in [3.63, 3.8) is 0 Å². The van der Waals surface area contributed by atoms with Gasteiger partial charge in [0.2, 0.25) is 5.91 Å². The fourth-order valence-corrected chi connectivity index (χ4v) is 4.53. The summed E-state index contributed by atoms with van der Waals surface area (Å²) in [6.45, 7) is 9.94. The number of nitrogens with one attached hydrogen (secondary N) is 1. The summed E-state index contributed by atoms with van der Waals surface area (Å²) in [4.78, 5) is 33.9. The van der Waals surface area contributed by atoms with Crippen molar-refractivity contribution in [2.45, 2.75) is 33.1 Å². The number of anilines is 1. The maximum atomic E-state index is 13.0. The van der Waals surface area contributed by atoms with Gasteiger partial charge in [-0.05, 0) is 48.1 Å². The number of hydrogen-bond donors (Lipinski definition) is 1. The van der Waals surface area contributed by atoms with Gasteiger partial charge in [0.1, 0.15) is 5.82 Å². The Morgan fingerprint density at radius 1 is 1.16 bits per heavy atom. The lowest BCUT2D eigenvalue weighted by Crippen LogP contribution is -2.49. The van der Waals surface area contributed by atoms with E-state index in [0.29, 0.717) is 25.2 Å². The van der Waals surface area contributed by atoms with Gasteiger partial charge in [-0.15, -0.1) is 12.4 Å². The summed E-state index contributed by atoms with van der Waals surface area (Å²) in [6.07, 6.45) is 2.87. The minimum Gasteiger partial charge on any atom is -0.355 e. The van der Waals surface area contributed by atoms with Crippen molar-refractivity contribution in [3.8, 4) is 0 Å². The van der Waals surface area contributed by atoms with E-state index in [1.165, 1.54) is 11.1 Å². The number of aromatic nitrogens is 1. The Labute approximate surface area is 190 Å². The number of carbonyl (C=O) groups excluding carboxylic acids is 2. The maximum absolute atomic E-state index is 13.0. The molecule has 2 saturated heterocycles. The molecule has 0 bridgehead atoms. The molecule has 166 valence electrons. The highest BCUT2D eigenvalue weighted by Gasteiger charge is 2.33. The van der Waals surface area contributed by atoms with E-state index < -0.39 is 0 Å². The predicted octanol–water partition coefficient (Wildman–Crippen LogP) is 3.19. The van der Waals surface area contributed by atoms with Crippen molar-refractivity contribution in [2.24, 2.45) is 5.92 Å². The van der Waals surface area contributed by atoms with Crippen molar-refractivity contribution in [2.75, 3.05) is 37.6 Å². The second kappa shape index (κ2) is 9.69. The molecule has 2 fully saturated rings. The number of halogens is 1. The van der Waals surface area contributed by atoms with E-state index in [9.17, 15) is 9.59 Å². The Bertz CT molecular complexity index is 939. The summed E-state index contributed by atoms with van der Waals surface area (Å²) < 4.78 is 0. The van der Waals surface area contributed by atoms with E-state index in [4.69, 9.17) is 0 Å². The Kier molecular flexibility index (Phi) is 7.21. The number of nitrogens with zero attached hydrogens (tertiary/aromatic N) is 3. The zero-order valence-electron chi connectivity index (χ0n) is 18.4. The van der Waals surface area contributed by atoms with E-state index in [0.717, 1.165) is 30.9 Å². The highest BCUT2D eigenvalue weighted by atomic mass is 35.5. The number of aryl methyl sites for hydroxylation is 2. The van der Waals surface area contributed by atoms with Crippen LogP contribution >= 0.6 is 12.4 Å². The molecule has 2 atom stereocenters. The van der Waals surface area contributed by atoms with Crippen molar-refractivity contribution >= 4 is 30.0 Å². The van der Waals surface area contributed by atoms with E-state index >= 15 is 0 Å². The number of benzene rings is 1. The third-order valence-electron chi connectivity index (χ3n) is 6.29. The van der Waals surface area contributed by atoms with Crippen LogP contribution < -0.4 is 10.2 Å². The second-order valence-corrected chi connectivity index (χ2v) is 8.45. The van der Waals surface area contributed by atoms with Gasteiger partial charge in [0.15, 0.2) is 0 Å². The van der Waals surface area contributed by atoms with E-state index in [1.807, 2.05) is 35.4 Å². The minimum absolute atomic E-state index is 0. The summed E-state index contributed by atoms with van der Waals surface area (Å²) in [5, 5.41) is 2.91. The molecular weight excluding hydrogens is 412 g/mol. The lowest BCUT2D eigenvalue weighted by atomic mass is 9.89. The van der Waals surface area contributed by atoms with E-state index in [-0.39, 0.29) is 36.1 Å². The van der Waals surface area contributed by atoms with Crippen LogP contribution in [0.15, 0.2) is 36.5 Å². The maximum Gasteiger partial charge on any atom is 0.253 e. The van der Waals surface area contributed by atoms with E-state index in [1.54, 1.807) is 0 Å². The summed E-state index contributed by atoms with van der Waals surface area (Å²) in [7, 11) is 0. The van der Waals surface area contributed by atoms with Crippen LogP contribution in [0.1, 0.15) is 46.8 Å². The normalized spacial score (nSPS) is 20.9. The SMILES string of the molecule is CCc1cc(C)cnc1N1CCN(C(=O)c2ccc([C@@H]3C(=O)NCC3C)cc2)CC1.Cl. The molecule has 1 aromatic carbocycles. The van der Waals surface area contributed by atoms with Crippen LogP contribution in [0.25, 0.3) is 0 Å². The second-order valence-electron chi connectivity index (χ2n) is 8.45. The van der Waals surface area contributed by atoms with Crippen molar-refractivity contribution < 1.29 is 9.59 Å². The van der Waals surface area contributed by atoms with Gasteiger partial charge in [-0.1, -0.05) is 32.0 Å². The first-order valence-electron chi connectivity index (χ1n) is 10.9. The first-order chi connectivity index (χ1) is 14.5. The zero-order chi connectivity index (χ0) is 21.3. The van der Waals surface area contributed by atoms with Crippen LogP contribution in [0.2, 0.25) is 0 Å². The molecule has 0 spiro atoms. The molecular formula is C24H31ClN4O2. The van der Waals surface area contributed by atoms with Crippen LogP contribution in [0.4, 0.5) is 5.82 Å². The Balaban J connectivity index is 0.00000272. The molecule has 4 rings (SSSR count). The van der Waals surface area contributed by atoms with Gasteiger partial charge in [-0.2, -0.15) is 0 Å². The molecule has 31 heavy (non-hydrogen) atoms. The number of rotatable bonds is 4. The van der Waals surface area contributed by atoms with Crippen LogP contribution in [0, 0.1) is 12.8 Å². The third-order valence-corrected chi connectivity index (χ3v) is 6.29. The number of amides is 2. The van der Waals surface area contributed by atoms with Crippen molar-refractivity contribution in [1.82, 2.24) is 15.2 Å². The molecule has 0 saturated carbocycles. The van der Waals surface area contributed by atoms with Crippen LogP contribution in [-0.4, -0.2) is 54.4 Å². The van der Waals surface area contributed by atoms with Crippen LogP contribution in [-0.2, 0) is 11.2 Å². The summed E-state index contributed by atoms with van der Waals surface area (Å²) in [6, 6.07) is 9.78. The van der Waals surface area contributed by atoms with Gasteiger partial charge in [-0.3, -0.25) is 9.59 Å². The van der Waals surface area contributed by atoms with Crippen molar-refractivity contribution in [1.29, 1.82) is 0 Å². The first kappa shape index (κ1) is 23.1. The Morgan fingerprint density at radius 2 is 1.84 bits per heavy atom. The fraction of sp³-hybridized carbons (Fsp3) is 0.458. The fourth-order valence-electron chi connectivity index (χ4n) is 4.53. The third kappa shape index (κ3) is 4.69. The van der Waals surface area contributed by atoms with Gasteiger partial charge in [0.05, 0.1) is 5.92 Å². The van der Waals surface area contributed by atoms with Gasteiger partial charge >= 0.3 is 0 Å². The van der Waals surface area contributed by atoms with Gasteiger partial charge in [0, 0.05) is 44.5 Å². The Morgan fingerprint density at radius 3 is 2.42 bits per heavy atom. The summed E-state index contributed by atoms with van der Waals surface area (Å²) >= 11 is 0. The molecule has 2 amide bonds. The van der Waals surface area contributed by atoms with E-state index in [2.05, 4.69) is 42.0 Å². The summed E-state index contributed by atoms with van der Waals surface area (Å²) in [5.74, 6) is 1.33. The minimum atomic E-state index is -0.118. The first-order valence-corrected chi connectivity index (χ1v) is 10.9. The predicted molar refractivity (Wildman–Crippen MR) is 125 cm³/mol. The molecule has 1 N–H and O–H groups in total. The molecule has 2 aromatic rings. The molecule has 7 heteroatoms. The van der Waals surface area contributed by atoms with Crippen LogP contribution in [0.5, 0.6) is 0 Å². The average Bonchev–Trinajstić information content (AvgIpc) is 3.11. The molecule has 1 aromatic heterocycles. The quantitative estimate of drug-likeness (QED) is 0.789. The molecule has 1 unspecified atom stereocenters. The lowest BCUT2D eigenvalue weighted by Gasteiger charge is -2.36. The van der Waals surface area contributed by atoms with Gasteiger partial charge in [-0.25, -0.2) is 4.98 Å². The summed E-state index contributed by atoms with van der Waals surface area (Å²) in [5.41, 5.74) is 4.10. The number of hydrogen-bond acceptors (Lipinski definition) is 4. The molecule has 2 aliphatic rings. The highest BCUT2D eigenvalue weighted by Crippen LogP contribution is 2.29.